The summed E-state index contributed by atoms with van der Waals surface area (Å²) in [6.45, 7) is 5.90. The van der Waals surface area contributed by atoms with E-state index in [1.807, 2.05) is 30.3 Å². The Morgan fingerprint density at radius 1 is 1.04 bits per heavy atom. The molecule has 1 aromatic heterocycles. The first kappa shape index (κ1) is 16.5. The minimum absolute atomic E-state index is 0.0696. The number of pyridine rings is 1. The van der Waals surface area contributed by atoms with Crippen LogP contribution in [0, 0.1) is 0 Å². The summed E-state index contributed by atoms with van der Waals surface area (Å²) in [4.78, 5) is 15.3. The molecule has 0 saturated heterocycles. The number of hydrogen-bond acceptors (Lipinski definition) is 4. The van der Waals surface area contributed by atoms with E-state index in [1.54, 1.807) is 0 Å². The number of H-pyrrole nitrogens is 1. The molecular formula is C21H22N2O3. The molecule has 0 saturated carbocycles. The van der Waals surface area contributed by atoms with Crippen molar-refractivity contribution in [3.8, 4) is 11.5 Å². The van der Waals surface area contributed by atoms with Crippen molar-refractivity contribution in [3.63, 3.8) is 0 Å². The summed E-state index contributed by atoms with van der Waals surface area (Å²) < 4.78 is 11.1. The summed E-state index contributed by atoms with van der Waals surface area (Å²) in [6.07, 6.45) is 0. The number of aromatic amines is 1. The molecule has 134 valence electrons. The molecule has 0 spiro atoms. The second kappa shape index (κ2) is 6.75. The van der Waals surface area contributed by atoms with E-state index >= 15 is 0 Å². The maximum Gasteiger partial charge on any atom is 0.253 e. The zero-order valence-electron chi connectivity index (χ0n) is 15.0. The predicted molar refractivity (Wildman–Crippen MR) is 103 cm³/mol. The first-order valence-corrected chi connectivity index (χ1v) is 8.89. The highest BCUT2D eigenvalue weighted by atomic mass is 16.6. The van der Waals surface area contributed by atoms with Gasteiger partial charge in [0.1, 0.15) is 13.2 Å². The molecule has 2 N–H and O–H groups in total. The van der Waals surface area contributed by atoms with E-state index in [4.69, 9.17) is 9.47 Å². The maximum absolute atomic E-state index is 12.4. The monoisotopic (exact) mass is 350 g/mol. The van der Waals surface area contributed by atoms with Crippen molar-refractivity contribution in [1.82, 2.24) is 4.98 Å². The van der Waals surface area contributed by atoms with Gasteiger partial charge >= 0.3 is 0 Å². The van der Waals surface area contributed by atoms with Gasteiger partial charge in [0.05, 0.1) is 0 Å². The minimum atomic E-state index is -0.0696. The van der Waals surface area contributed by atoms with E-state index in [-0.39, 0.29) is 5.56 Å². The molecule has 2 heterocycles. The molecule has 5 heteroatoms. The number of nitrogens with one attached hydrogen (secondary N) is 2. The summed E-state index contributed by atoms with van der Waals surface area (Å²) in [6, 6.07) is 13.9. The first-order valence-electron chi connectivity index (χ1n) is 8.89. The third-order valence-electron chi connectivity index (χ3n) is 4.64. The SMILES string of the molecule is CC(C)c1ccc2[nH]c(=O)c(CNc3ccc4c(c3)OCCO4)cc2c1. The van der Waals surface area contributed by atoms with Gasteiger partial charge in [-0.2, -0.15) is 0 Å². The zero-order chi connectivity index (χ0) is 18.1. The molecule has 0 amide bonds. The van der Waals surface area contributed by atoms with Gasteiger partial charge in [-0.25, -0.2) is 0 Å². The largest absolute Gasteiger partial charge is 0.486 e. The molecule has 0 aliphatic carbocycles. The third kappa shape index (κ3) is 3.25. The molecule has 2 aromatic carbocycles. The molecule has 0 atom stereocenters. The van der Waals surface area contributed by atoms with Crippen molar-refractivity contribution in [3.05, 3.63) is 63.9 Å². The van der Waals surface area contributed by atoms with Crippen LogP contribution in [0.25, 0.3) is 10.9 Å². The normalized spacial score (nSPS) is 13.2. The molecule has 0 unspecified atom stereocenters. The van der Waals surface area contributed by atoms with Crippen LogP contribution >= 0.6 is 0 Å². The summed E-state index contributed by atoms with van der Waals surface area (Å²) in [5.41, 5.74) is 3.65. The summed E-state index contributed by atoms with van der Waals surface area (Å²) >= 11 is 0. The molecular weight excluding hydrogens is 328 g/mol. The number of benzene rings is 2. The summed E-state index contributed by atoms with van der Waals surface area (Å²) in [5, 5.41) is 4.35. The molecule has 5 nitrogen and oxygen atoms in total. The number of hydrogen-bond donors (Lipinski definition) is 2. The number of rotatable bonds is 4. The van der Waals surface area contributed by atoms with Crippen LogP contribution in [0.2, 0.25) is 0 Å². The van der Waals surface area contributed by atoms with E-state index in [0.29, 0.717) is 31.2 Å². The lowest BCUT2D eigenvalue weighted by atomic mass is 10.0. The van der Waals surface area contributed by atoms with Gasteiger partial charge in [-0.3, -0.25) is 4.79 Å². The van der Waals surface area contributed by atoms with E-state index in [9.17, 15) is 4.79 Å². The highest BCUT2D eigenvalue weighted by molar-refractivity contribution is 5.80. The lowest BCUT2D eigenvalue weighted by Gasteiger charge is -2.19. The van der Waals surface area contributed by atoms with Crippen LogP contribution in [-0.2, 0) is 6.54 Å². The highest BCUT2D eigenvalue weighted by Gasteiger charge is 2.12. The fraction of sp³-hybridized carbons (Fsp3) is 0.286. The predicted octanol–water partition coefficient (Wildman–Crippen LogP) is 4.03. The Labute approximate surface area is 152 Å². The van der Waals surface area contributed by atoms with Gasteiger partial charge in [0.2, 0.25) is 0 Å². The average Bonchev–Trinajstić information content (AvgIpc) is 2.65. The lowest BCUT2D eigenvalue weighted by Crippen LogP contribution is -2.17. The van der Waals surface area contributed by atoms with Crippen molar-refractivity contribution in [1.29, 1.82) is 0 Å². The van der Waals surface area contributed by atoms with Crippen LogP contribution in [0.15, 0.2) is 47.3 Å². The van der Waals surface area contributed by atoms with Gasteiger partial charge in [0.15, 0.2) is 11.5 Å². The fourth-order valence-corrected chi connectivity index (χ4v) is 3.11. The Balaban J connectivity index is 1.58. The van der Waals surface area contributed by atoms with Gasteiger partial charge in [-0.15, -0.1) is 0 Å². The van der Waals surface area contributed by atoms with Gasteiger partial charge in [-0.05, 0) is 47.2 Å². The topological polar surface area (TPSA) is 63.4 Å². The van der Waals surface area contributed by atoms with Crippen LogP contribution in [-0.4, -0.2) is 18.2 Å². The third-order valence-corrected chi connectivity index (χ3v) is 4.64. The number of anilines is 1. The van der Waals surface area contributed by atoms with Crippen molar-refractivity contribution < 1.29 is 9.47 Å². The molecule has 1 aliphatic rings. The van der Waals surface area contributed by atoms with Crippen LogP contribution in [0.1, 0.15) is 30.9 Å². The van der Waals surface area contributed by atoms with E-state index in [0.717, 1.165) is 28.1 Å². The van der Waals surface area contributed by atoms with Crippen LogP contribution in [0.3, 0.4) is 0 Å². The van der Waals surface area contributed by atoms with Crippen molar-refractivity contribution >= 4 is 16.6 Å². The average molecular weight is 350 g/mol. The fourth-order valence-electron chi connectivity index (χ4n) is 3.11. The van der Waals surface area contributed by atoms with Gasteiger partial charge in [-0.1, -0.05) is 19.9 Å². The highest BCUT2D eigenvalue weighted by Crippen LogP contribution is 2.32. The minimum Gasteiger partial charge on any atom is -0.486 e. The van der Waals surface area contributed by atoms with Gasteiger partial charge in [0.25, 0.3) is 5.56 Å². The second-order valence-corrected chi connectivity index (χ2v) is 6.84. The number of ether oxygens (including phenoxy) is 2. The smallest absolute Gasteiger partial charge is 0.253 e. The molecule has 0 fully saturated rings. The Hall–Kier alpha value is -2.95. The Bertz CT molecular complexity index is 1010. The molecule has 1 aliphatic heterocycles. The quantitative estimate of drug-likeness (QED) is 0.745. The maximum atomic E-state index is 12.4. The van der Waals surface area contributed by atoms with E-state index in [1.165, 1.54) is 5.56 Å². The molecule has 3 aromatic rings. The Morgan fingerprint density at radius 3 is 2.65 bits per heavy atom. The number of aromatic nitrogens is 1. The molecule has 26 heavy (non-hydrogen) atoms. The standard InChI is InChI=1S/C21H22N2O3/c1-13(2)14-3-5-18-15(9-14)10-16(21(24)23-18)12-22-17-4-6-19-20(11-17)26-8-7-25-19/h3-6,9-11,13,22H,7-8,12H2,1-2H3,(H,23,24). The zero-order valence-corrected chi connectivity index (χ0v) is 15.0. The van der Waals surface area contributed by atoms with Gasteiger partial charge < -0.3 is 19.8 Å². The first-order chi connectivity index (χ1) is 12.6. The van der Waals surface area contributed by atoms with E-state index in [2.05, 4.69) is 36.3 Å². The summed E-state index contributed by atoms with van der Waals surface area (Å²) in [5.74, 6) is 1.94. The Kier molecular flexibility index (Phi) is 4.29. The van der Waals surface area contributed by atoms with Gasteiger partial charge in [0, 0.05) is 29.4 Å². The molecule has 4 rings (SSSR count). The van der Waals surface area contributed by atoms with Crippen molar-refractivity contribution in [2.45, 2.75) is 26.3 Å². The van der Waals surface area contributed by atoms with Crippen LogP contribution in [0.4, 0.5) is 5.69 Å². The van der Waals surface area contributed by atoms with Crippen molar-refractivity contribution in [2.24, 2.45) is 0 Å². The second-order valence-electron chi connectivity index (χ2n) is 6.84. The number of fused-ring (bicyclic) bond motifs is 2. The van der Waals surface area contributed by atoms with E-state index < -0.39 is 0 Å². The Morgan fingerprint density at radius 2 is 1.85 bits per heavy atom. The van der Waals surface area contributed by atoms with Crippen LogP contribution < -0.4 is 20.3 Å². The summed E-state index contributed by atoms with van der Waals surface area (Å²) in [7, 11) is 0. The molecule has 0 bridgehead atoms. The lowest BCUT2D eigenvalue weighted by molar-refractivity contribution is 0.171. The van der Waals surface area contributed by atoms with Crippen LogP contribution in [0.5, 0.6) is 11.5 Å². The van der Waals surface area contributed by atoms with Crippen molar-refractivity contribution in [2.75, 3.05) is 18.5 Å². The molecule has 0 radical (unpaired) electrons.